The Morgan fingerprint density at radius 1 is 0.891 bits per heavy atom. The van der Waals surface area contributed by atoms with Gasteiger partial charge in [-0.3, -0.25) is 4.79 Å². The number of alkyl halides is 2. The summed E-state index contributed by atoms with van der Waals surface area (Å²) in [6.45, 7) is 0.978. The Kier molecular flexibility index (Phi) is 9.71. The quantitative estimate of drug-likeness (QED) is 0.253. The minimum Gasteiger partial charge on any atom is -0.493 e. The van der Waals surface area contributed by atoms with Crippen molar-refractivity contribution in [1.82, 2.24) is 9.62 Å². The second kappa shape index (κ2) is 13.6. The maximum Gasteiger partial charge on any atom is 0.298 e. The summed E-state index contributed by atoms with van der Waals surface area (Å²) in [5, 5.41) is 0.550. The van der Waals surface area contributed by atoms with Crippen LogP contribution in [0.2, 0.25) is 5.02 Å². The molecule has 11 heteroatoms. The second-order valence-corrected chi connectivity index (χ2v) is 15.1. The number of carbonyl (C=O) groups excluding carboxylic acids is 1. The van der Waals surface area contributed by atoms with Crippen LogP contribution in [0.1, 0.15) is 50.5 Å². The molecule has 3 fully saturated rings. The van der Waals surface area contributed by atoms with Crippen LogP contribution < -0.4 is 15.2 Å². The fourth-order valence-corrected chi connectivity index (χ4v) is 8.42. The summed E-state index contributed by atoms with van der Waals surface area (Å²) >= 11 is 5.99. The average molecular weight is 672 g/mol. The number of benzene rings is 3. The average Bonchev–Trinajstić information content (AvgIpc) is 3.25. The Morgan fingerprint density at radius 3 is 2.04 bits per heavy atom. The molecule has 0 aromatic heterocycles. The van der Waals surface area contributed by atoms with Crippen molar-refractivity contribution in [2.45, 2.75) is 67.8 Å². The van der Waals surface area contributed by atoms with Crippen LogP contribution in [-0.2, 0) is 20.7 Å². The van der Waals surface area contributed by atoms with Crippen LogP contribution in [0.4, 0.5) is 8.78 Å². The SMILES string of the molecule is NC1C2CCC1CN(C(=O)C(NS(=O)(=O)c1ccc(OCC3CCCCC3)cc1)C(F)(F)c1ccc(-c3ccc(Cl)cc3)cc1)C2. The van der Waals surface area contributed by atoms with E-state index >= 15 is 8.78 Å². The van der Waals surface area contributed by atoms with E-state index in [4.69, 9.17) is 22.1 Å². The van der Waals surface area contributed by atoms with Crippen molar-refractivity contribution in [1.29, 1.82) is 0 Å². The second-order valence-electron chi connectivity index (χ2n) is 13.0. The highest BCUT2D eigenvalue weighted by atomic mass is 35.5. The molecule has 6 rings (SSSR count). The summed E-state index contributed by atoms with van der Waals surface area (Å²) in [4.78, 5) is 15.0. The van der Waals surface area contributed by atoms with E-state index < -0.39 is 33.5 Å². The molecule has 1 amide bonds. The minimum atomic E-state index is -4.53. The van der Waals surface area contributed by atoms with E-state index in [1.807, 2.05) is 0 Å². The van der Waals surface area contributed by atoms with E-state index in [-0.39, 0.29) is 35.9 Å². The van der Waals surface area contributed by atoms with Gasteiger partial charge in [-0.1, -0.05) is 67.3 Å². The van der Waals surface area contributed by atoms with E-state index in [0.717, 1.165) is 31.2 Å². The predicted molar refractivity (Wildman–Crippen MR) is 174 cm³/mol. The molecule has 1 aliphatic heterocycles. The van der Waals surface area contributed by atoms with E-state index in [1.165, 1.54) is 72.7 Å². The summed E-state index contributed by atoms with van der Waals surface area (Å²) in [6.07, 6.45) is 7.43. The van der Waals surface area contributed by atoms with Crippen LogP contribution in [-0.4, -0.2) is 51.0 Å². The molecule has 3 N–H and O–H groups in total. The number of amides is 1. The maximum absolute atomic E-state index is 16.5. The van der Waals surface area contributed by atoms with Crippen molar-refractivity contribution in [3.05, 3.63) is 83.4 Å². The smallest absolute Gasteiger partial charge is 0.298 e. The molecular weight excluding hydrogens is 632 g/mol. The van der Waals surface area contributed by atoms with Gasteiger partial charge in [-0.25, -0.2) is 8.42 Å². The van der Waals surface area contributed by atoms with Crippen LogP contribution in [0.15, 0.2) is 77.7 Å². The van der Waals surface area contributed by atoms with Gasteiger partial charge in [-0.2, -0.15) is 13.5 Å². The third-order valence-corrected chi connectivity index (χ3v) is 11.6. The number of nitrogens with zero attached hydrogens (tertiary/aromatic N) is 1. The highest BCUT2D eigenvalue weighted by Crippen LogP contribution is 2.39. The number of ether oxygens (including phenoxy) is 1. The number of halogens is 3. The van der Waals surface area contributed by atoms with Crippen LogP contribution in [0.5, 0.6) is 5.75 Å². The van der Waals surface area contributed by atoms with Gasteiger partial charge >= 0.3 is 0 Å². The number of nitrogens with two attached hydrogens (primary N) is 1. The molecular formula is C35H40ClF2N3O4S. The summed E-state index contributed by atoms with van der Waals surface area (Å²) < 4.78 is 68.1. The monoisotopic (exact) mass is 671 g/mol. The van der Waals surface area contributed by atoms with Crippen molar-refractivity contribution < 1.29 is 26.7 Å². The molecule has 3 aromatic rings. The molecule has 2 aliphatic carbocycles. The molecule has 46 heavy (non-hydrogen) atoms. The van der Waals surface area contributed by atoms with Gasteiger partial charge in [-0.05, 0) is 91.0 Å². The Balaban J connectivity index is 1.24. The molecule has 2 bridgehead atoms. The third kappa shape index (κ3) is 7.10. The lowest BCUT2D eigenvalue weighted by atomic mass is 9.90. The summed E-state index contributed by atoms with van der Waals surface area (Å²) in [5.41, 5.74) is 7.28. The van der Waals surface area contributed by atoms with E-state index in [1.54, 1.807) is 24.3 Å². The van der Waals surface area contributed by atoms with Gasteiger partial charge in [0.05, 0.1) is 11.5 Å². The normalized spacial score (nSPS) is 22.9. The number of hydrogen-bond acceptors (Lipinski definition) is 5. The zero-order valence-corrected chi connectivity index (χ0v) is 27.2. The van der Waals surface area contributed by atoms with Crippen molar-refractivity contribution in [3.8, 4) is 16.9 Å². The van der Waals surface area contributed by atoms with E-state index in [0.29, 0.717) is 28.9 Å². The Labute approximate surface area is 274 Å². The molecule has 0 radical (unpaired) electrons. The Bertz CT molecular complexity index is 1600. The van der Waals surface area contributed by atoms with Crippen molar-refractivity contribution in [3.63, 3.8) is 0 Å². The number of fused-ring (bicyclic) bond motifs is 2. The van der Waals surface area contributed by atoms with Gasteiger partial charge in [0.15, 0.2) is 6.04 Å². The maximum atomic E-state index is 16.5. The Morgan fingerprint density at radius 2 is 1.46 bits per heavy atom. The molecule has 3 atom stereocenters. The number of likely N-dealkylation sites (tertiary alicyclic amines) is 1. The summed E-state index contributed by atoms with van der Waals surface area (Å²) in [6, 6.07) is 15.7. The fraction of sp³-hybridized carbons (Fsp3) is 0.457. The number of rotatable bonds is 10. The van der Waals surface area contributed by atoms with E-state index in [9.17, 15) is 13.2 Å². The zero-order valence-electron chi connectivity index (χ0n) is 25.6. The van der Waals surface area contributed by atoms with Crippen molar-refractivity contribution >= 4 is 27.5 Å². The molecule has 3 aromatic carbocycles. The number of piperidine rings is 1. The standard InChI is InChI=1S/C35H40ClF2N3O4S/c36-29-14-10-25(11-15-29)24-8-12-28(13-9-24)35(37,38)33(34(42)41-20-26-6-7-27(21-41)32(26)39)40-46(43,44)31-18-16-30(17-19-31)45-22-23-4-2-1-3-5-23/h8-19,23,26-27,32-33,40H,1-7,20-22,39H2. The molecule has 2 saturated carbocycles. The minimum absolute atomic E-state index is 0.00612. The van der Waals surface area contributed by atoms with Gasteiger partial charge in [0.25, 0.3) is 5.92 Å². The van der Waals surface area contributed by atoms with Crippen molar-refractivity contribution in [2.24, 2.45) is 23.5 Å². The molecule has 1 saturated heterocycles. The Hall–Kier alpha value is -3.05. The number of nitrogens with one attached hydrogen (secondary N) is 1. The van der Waals surface area contributed by atoms with Gasteiger partial charge < -0.3 is 15.4 Å². The van der Waals surface area contributed by atoms with Crippen LogP contribution >= 0.6 is 11.6 Å². The lowest BCUT2D eigenvalue weighted by Gasteiger charge is -2.39. The van der Waals surface area contributed by atoms with Gasteiger partial charge in [0.2, 0.25) is 15.9 Å². The highest BCUT2D eigenvalue weighted by molar-refractivity contribution is 7.89. The topological polar surface area (TPSA) is 102 Å². The fourth-order valence-electron chi connectivity index (χ4n) is 7.11. The van der Waals surface area contributed by atoms with Gasteiger partial charge in [-0.15, -0.1) is 0 Å². The summed E-state index contributed by atoms with van der Waals surface area (Å²) in [5.74, 6) is -3.88. The lowest BCUT2D eigenvalue weighted by Crippen LogP contribution is -2.60. The third-order valence-electron chi connectivity index (χ3n) is 9.89. The molecule has 3 aliphatic rings. The van der Waals surface area contributed by atoms with Gasteiger partial charge in [0.1, 0.15) is 5.75 Å². The first-order valence-electron chi connectivity index (χ1n) is 16.0. The molecule has 246 valence electrons. The first-order valence-corrected chi connectivity index (χ1v) is 17.9. The molecule has 1 heterocycles. The zero-order chi connectivity index (χ0) is 32.5. The largest absolute Gasteiger partial charge is 0.493 e. The van der Waals surface area contributed by atoms with Gasteiger partial charge in [0, 0.05) is 29.7 Å². The first kappa shape index (κ1) is 32.9. The predicted octanol–water partition coefficient (Wildman–Crippen LogP) is 6.60. The number of hydrogen-bond donors (Lipinski definition) is 2. The first-order chi connectivity index (χ1) is 22.0. The van der Waals surface area contributed by atoms with Crippen LogP contribution in [0, 0.1) is 17.8 Å². The van der Waals surface area contributed by atoms with Crippen LogP contribution in [0.3, 0.4) is 0 Å². The van der Waals surface area contributed by atoms with Crippen LogP contribution in [0.25, 0.3) is 11.1 Å². The number of carbonyl (C=O) groups is 1. The summed E-state index contributed by atoms with van der Waals surface area (Å²) in [7, 11) is -4.53. The number of sulfonamides is 1. The molecule has 7 nitrogen and oxygen atoms in total. The molecule has 3 unspecified atom stereocenters. The highest BCUT2D eigenvalue weighted by Gasteiger charge is 2.52. The van der Waals surface area contributed by atoms with E-state index in [2.05, 4.69) is 4.72 Å². The van der Waals surface area contributed by atoms with Crippen molar-refractivity contribution in [2.75, 3.05) is 19.7 Å². The lowest BCUT2D eigenvalue weighted by molar-refractivity contribution is -0.146. The molecule has 0 spiro atoms.